The second-order valence-corrected chi connectivity index (χ2v) is 9.26. The van der Waals surface area contributed by atoms with E-state index in [1.165, 1.54) is 5.56 Å². The lowest BCUT2D eigenvalue weighted by Gasteiger charge is -2.35. The summed E-state index contributed by atoms with van der Waals surface area (Å²) in [4.78, 5) is 14.6. The van der Waals surface area contributed by atoms with Gasteiger partial charge in [-0.25, -0.2) is 9.97 Å². The molecule has 5 rings (SSSR count). The Morgan fingerprint density at radius 2 is 1.64 bits per heavy atom. The van der Waals surface area contributed by atoms with Crippen molar-refractivity contribution >= 4 is 28.9 Å². The third-order valence-corrected chi connectivity index (χ3v) is 6.66. The largest absolute Gasteiger partial charge is 0.496 e. The van der Waals surface area contributed by atoms with Gasteiger partial charge in [0.1, 0.15) is 17.4 Å². The lowest BCUT2D eigenvalue weighted by Crippen LogP contribution is -2.47. The molecule has 36 heavy (non-hydrogen) atoms. The summed E-state index contributed by atoms with van der Waals surface area (Å²) in [5.74, 6) is 3.35. The summed E-state index contributed by atoms with van der Waals surface area (Å²) in [7, 11) is 1.73. The topological polar surface area (TPSA) is 53.5 Å². The fourth-order valence-electron chi connectivity index (χ4n) is 4.48. The molecule has 1 saturated heterocycles. The maximum atomic E-state index is 6.19. The van der Waals surface area contributed by atoms with Crippen LogP contribution >= 0.6 is 11.6 Å². The quantitative estimate of drug-likeness (QED) is 0.325. The molecule has 0 radical (unpaired) electrons. The summed E-state index contributed by atoms with van der Waals surface area (Å²) in [6, 6.07) is 28.1. The third kappa shape index (κ3) is 5.96. The number of aromatic nitrogens is 2. The minimum Gasteiger partial charge on any atom is -0.496 e. The van der Waals surface area contributed by atoms with Gasteiger partial charge < -0.3 is 15.0 Å². The van der Waals surface area contributed by atoms with E-state index in [9.17, 15) is 0 Å². The van der Waals surface area contributed by atoms with Crippen molar-refractivity contribution in [1.82, 2.24) is 14.9 Å². The van der Waals surface area contributed by atoms with E-state index in [1.807, 2.05) is 72.8 Å². The van der Waals surface area contributed by atoms with Crippen LogP contribution in [0.4, 0.5) is 17.3 Å². The lowest BCUT2D eigenvalue weighted by atomic mass is 10.1. The summed E-state index contributed by atoms with van der Waals surface area (Å²) in [5.41, 5.74) is 3.14. The van der Waals surface area contributed by atoms with E-state index >= 15 is 0 Å². The first kappa shape index (κ1) is 24.1. The molecule has 0 atom stereocenters. The van der Waals surface area contributed by atoms with Crippen LogP contribution in [0.1, 0.15) is 5.56 Å². The van der Waals surface area contributed by atoms with E-state index in [1.54, 1.807) is 7.11 Å². The van der Waals surface area contributed by atoms with Crippen molar-refractivity contribution in [2.45, 2.75) is 6.42 Å². The Kier molecular flexibility index (Phi) is 7.64. The number of ether oxygens (including phenoxy) is 1. The van der Waals surface area contributed by atoms with E-state index in [2.05, 4.69) is 27.2 Å². The standard InChI is InChI=1S/C29H30ClN5O/c1-36-26-13-6-5-8-22(26)14-15-34-16-18-35(19-17-34)28-21-27(31-25-12-7-11-24(30)20-25)32-29(33-28)23-9-3-2-4-10-23/h2-13,20-21H,14-19H2,1H3,(H,31,32,33). The number of hydrogen-bond donors (Lipinski definition) is 1. The Labute approximate surface area is 217 Å². The summed E-state index contributed by atoms with van der Waals surface area (Å²) in [5, 5.41) is 4.09. The molecule has 7 heteroatoms. The smallest absolute Gasteiger partial charge is 0.163 e. The van der Waals surface area contributed by atoms with Gasteiger partial charge in [-0.15, -0.1) is 0 Å². The first-order valence-electron chi connectivity index (χ1n) is 12.2. The number of halogens is 1. The molecule has 0 bridgehead atoms. The van der Waals surface area contributed by atoms with Crippen LogP contribution in [0.5, 0.6) is 5.75 Å². The van der Waals surface area contributed by atoms with Gasteiger partial charge >= 0.3 is 0 Å². The Balaban J connectivity index is 1.30. The van der Waals surface area contributed by atoms with E-state index in [4.69, 9.17) is 26.3 Å². The number of nitrogens with zero attached hydrogens (tertiary/aromatic N) is 4. The summed E-state index contributed by atoms with van der Waals surface area (Å²) >= 11 is 6.19. The van der Waals surface area contributed by atoms with Gasteiger partial charge in [-0.1, -0.05) is 66.2 Å². The molecular weight excluding hydrogens is 470 g/mol. The van der Waals surface area contributed by atoms with E-state index in [-0.39, 0.29) is 0 Å². The minimum atomic E-state index is 0.682. The van der Waals surface area contributed by atoms with E-state index in [0.29, 0.717) is 10.8 Å². The highest BCUT2D eigenvalue weighted by atomic mass is 35.5. The van der Waals surface area contributed by atoms with Gasteiger partial charge in [0, 0.05) is 55.1 Å². The molecule has 6 nitrogen and oxygen atoms in total. The van der Waals surface area contributed by atoms with Crippen molar-refractivity contribution in [2.24, 2.45) is 0 Å². The first-order valence-corrected chi connectivity index (χ1v) is 12.6. The molecule has 1 N–H and O–H groups in total. The second-order valence-electron chi connectivity index (χ2n) is 8.83. The average Bonchev–Trinajstić information content (AvgIpc) is 2.92. The van der Waals surface area contributed by atoms with Gasteiger partial charge in [0.15, 0.2) is 5.82 Å². The zero-order valence-electron chi connectivity index (χ0n) is 20.4. The Morgan fingerprint density at radius 3 is 2.42 bits per heavy atom. The number of anilines is 3. The summed E-state index contributed by atoms with van der Waals surface area (Å²) < 4.78 is 5.51. The lowest BCUT2D eigenvalue weighted by molar-refractivity contribution is 0.259. The number of piperazine rings is 1. The molecule has 2 heterocycles. The van der Waals surface area contributed by atoms with Gasteiger partial charge in [-0.05, 0) is 36.2 Å². The van der Waals surface area contributed by atoms with Crippen molar-refractivity contribution in [3.05, 3.63) is 95.5 Å². The van der Waals surface area contributed by atoms with E-state index < -0.39 is 0 Å². The van der Waals surface area contributed by atoms with Crippen LogP contribution in [0.15, 0.2) is 84.9 Å². The Morgan fingerprint density at radius 1 is 0.861 bits per heavy atom. The number of rotatable bonds is 8. The van der Waals surface area contributed by atoms with Gasteiger partial charge in [0.2, 0.25) is 0 Å². The molecule has 1 aliphatic rings. The maximum absolute atomic E-state index is 6.19. The van der Waals surface area contributed by atoms with Crippen LogP contribution in [0, 0.1) is 0 Å². The first-order chi connectivity index (χ1) is 17.7. The molecule has 0 spiro atoms. The molecule has 0 aliphatic carbocycles. The molecule has 1 aliphatic heterocycles. The fourth-order valence-corrected chi connectivity index (χ4v) is 4.67. The molecule has 1 aromatic heterocycles. The van der Waals surface area contributed by atoms with Gasteiger partial charge in [-0.3, -0.25) is 4.90 Å². The fraction of sp³-hybridized carbons (Fsp3) is 0.241. The van der Waals surface area contributed by atoms with Crippen molar-refractivity contribution in [3.63, 3.8) is 0 Å². The highest BCUT2D eigenvalue weighted by Crippen LogP contribution is 2.26. The molecule has 0 amide bonds. The molecule has 1 fully saturated rings. The van der Waals surface area contributed by atoms with Crippen molar-refractivity contribution < 1.29 is 4.74 Å². The molecule has 184 valence electrons. The van der Waals surface area contributed by atoms with Crippen molar-refractivity contribution in [2.75, 3.05) is 50.1 Å². The zero-order chi connectivity index (χ0) is 24.7. The number of hydrogen-bond acceptors (Lipinski definition) is 6. The highest BCUT2D eigenvalue weighted by Gasteiger charge is 2.20. The maximum Gasteiger partial charge on any atom is 0.163 e. The zero-order valence-corrected chi connectivity index (χ0v) is 21.2. The molecule has 0 saturated carbocycles. The summed E-state index contributed by atoms with van der Waals surface area (Å²) in [6.07, 6.45) is 0.976. The van der Waals surface area contributed by atoms with Crippen LogP contribution in [0.25, 0.3) is 11.4 Å². The van der Waals surface area contributed by atoms with Crippen LogP contribution in [0.2, 0.25) is 5.02 Å². The number of methoxy groups -OCH3 is 1. The van der Waals surface area contributed by atoms with Gasteiger partial charge in [0.25, 0.3) is 0 Å². The summed E-state index contributed by atoms with van der Waals surface area (Å²) in [6.45, 7) is 4.80. The number of benzene rings is 3. The Bertz CT molecular complexity index is 1290. The molecule has 3 aromatic carbocycles. The van der Waals surface area contributed by atoms with Gasteiger partial charge in [0.05, 0.1) is 7.11 Å². The number of nitrogens with one attached hydrogen (secondary N) is 1. The minimum absolute atomic E-state index is 0.682. The molecular formula is C29H30ClN5O. The number of para-hydroxylation sites is 1. The van der Waals surface area contributed by atoms with Crippen LogP contribution in [0.3, 0.4) is 0 Å². The SMILES string of the molecule is COc1ccccc1CCN1CCN(c2cc(Nc3cccc(Cl)c3)nc(-c3ccccc3)n2)CC1. The predicted octanol–water partition coefficient (Wildman–Crippen LogP) is 5.91. The predicted molar refractivity (Wildman–Crippen MR) is 148 cm³/mol. The second kappa shape index (κ2) is 11.4. The average molecular weight is 500 g/mol. The van der Waals surface area contributed by atoms with Crippen molar-refractivity contribution in [1.29, 1.82) is 0 Å². The molecule has 0 unspecified atom stereocenters. The Hall–Kier alpha value is -3.61. The normalized spacial score (nSPS) is 14.0. The molecule has 4 aromatic rings. The van der Waals surface area contributed by atoms with E-state index in [0.717, 1.165) is 67.8 Å². The monoisotopic (exact) mass is 499 g/mol. The van der Waals surface area contributed by atoms with Gasteiger partial charge in [-0.2, -0.15) is 0 Å². The third-order valence-electron chi connectivity index (χ3n) is 6.43. The van der Waals surface area contributed by atoms with Crippen LogP contribution < -0.4 is 15.0 Å². The van der Waals surface area contributed by atoms with Crippen LogP contribution in [-0.2, 0) is 6.42 Å². The highest BCUT2D eigenvalue weighted by molar-refractivity contribution is 6.30. The van der Waals surface area contributed by atoms with Crippen LogP contribution in [-0.4, -0.2) is 54.7 Å². The van der Waals surface area contributed by atoms with Crippen molar-refractivity contribution in [3.8, 4) is 17.1 Å².